The average molecular weight is 528 g/mol. The number of nitrogens with zero attached hydrogens (tertiary/aromatic N) is 4. The van der Waals surface area contributed by atoms with Gasteiger partial charge in [0.25, 0.3) is 17.5 Å². The van der Waals surface area contributed by atoms with Crippen LogP contribution in [0.15, 0.2) is 77.9 Å². The summed E-state index contributed by atoms with van der Waals surface area (Å²) in [6.45, 7) is -0.467. The first kappa shape index (κ1) is 26.5. The molecule has 196 valence electrons. The molecule has 3 aromatic rings. The zero-order valence-corrected chi connectivity index (χ0v) is 19.9. The summed E-state index contributed by atoms with van der Waals surface area (Å²) in [6, 6.07) is 14.1. The number of likely N-dealkylation sites (N-methyl/N-ethyl adjacent to an activating group) is 1. The maximum Gasteiger partial charge on any atom is 0.416 e. The number of nitro benzene ring substituents is 1. The highest BCUT2D eigenvalue weighted by Crippen LogP contribution is 2.34. The molecule has 1 aliphatic heterocycles. The van der Waals surface area contributed by atoms with Gasteiger partial charge in [-0.15, -0.1) is 0 Å². The molecule has 0 fully saturated rings. The minimum Gasteiger partial charge on any atom is -0.332 e. The number of amides is 2. The zero-order valence-electron chi connectivity index (χ0n) is 19.9. The zero-order chi connectivity index (χ0) is 27.6. The number of hydrogen-bond acceptors (Lipinski definition) is 5. The van der Waals surface area contributed by atoms with E-state index in [0.29, 0.717) is 16.8 Å². The third-order valence-electron chi connectivity index (χ3n) is 5.99. The highest BCUT2D eigenvalue weighted by Gasteiger charge is 2.35. The van der Waals surface area contributed by atoms with Gasteiger partial charge in [0.1, 0.15) is 12.4 Å². The van der Waals surface area contributed by atoms with Gasteiger partial charge >= 0.3 is 6.18 Å². The van der Waals surface area contributed by atoms with E-state index in [0.717, 1.165) is 34.2 Å². The number of alkyl halides is 3. The lowest BCUT2D eigenvalue weighted by atomic mass is 9.98. The lowest BCUT2D eigenvalue weighted by Gasteiger charge is -2.25. The molecule has 0 bridgehead atoms. The molecule has 1 heterocycles. The highest BCUT2D eigenvalue weighted by molar-refractivity contribution is 6.03. The Hall–Kier alpha value is -4.61. The summed E-state index contributed by atoms with van der Waals surface area (Å²) in [5, 5.41) is 16.8. The Bertz CT molecular complexity index is 1410. The van der Waals surface area contributed by atoms with Crippen LogP contribution in [-0.4, -0.2) is 46.0 Å². The van der Waals surface area contributed by atoms with Gasteiger partial charge in [0.05, 0.1) is 22.2 Å². The molecule has 0 N–H and O–H groups in total. The van der Waals surface area contributed by atoms with Gasteiger partial charge in [-0.1, -0.05) is 24.3 Å². The van der Waals surface area contributed by atoms with E-state index >= 15 is 0 Å². The Morgan fingerprint density at radius 1 is 1.08 bits per heavy atom. The molecule has 38 heavy (non-hydrogen) atoms. The summed E-state index contributed by atoms with van der Waals surface area (Å²) in [4.78, 5) is 37.8. The first-order chi connectivity index (χ1) is 17.9. The van der Waals surface area contributed by atoms with Crippen molar-refractivity contribution in [1.82, 2.24) is 9.91 Å². The number of hydrazone groups is 1. The van der Waals surface area contributed by atoms with Crippen LogP contribution < -0.4 is 0 Å². The van der Waals surface area contributed by atoms with Crippen LogP contribution in [0.5, 0.6) is 0 Å². The van der Waals surface area contributed by atoms with Gasteiger partial charge in [0.15, 0.2) is 0 Å². The molecule has 0 radical (unpaired) electrons. The van der Waals surface area contributed by atoms with Gasteiger partial charge in [0, 0.05) is 31.2 Å². The van der Waals surface area contributed by atoms with Crippen molar-refractivity contribution in [2.24, 2.45) is 5.10 Å². The van der Waals surface area contributed by atoms with Crippen molar-refractivity contribution in [3.63, 3.8) is 0 Å². The van der Waals surface area contributed by atoms with Crippen molar-refractivity contribution in [3.8, 4) is 0 Å². The van der Waals surface area contributed by atoms with E-state index in [1.165, 1.54) is 49.5 Å². The molecule has 0 unspecified atom stereocenters. The van der Waals surface area contributed by atoms with E-state index in [1.54, 1.807) is 6.07 Å². The first-order valence-electron chi connectivity index (χ1n) is 11.3. The molecule has 0 aromatic heterocycles. The maximum absolute atomic E-state index is 13.4. The number of non-ortho nitro benzene ring substituents is 1. The van der Waals surface area contributed by atoms with Crippen molar-refractivity contribution < 1.29 is 32.1 Å². The van der Waals surface area contributed by atoms with Crippen LogP contribution >= 0.6 is 0 Å². The predicted octanol–water partition coefficient (Wildman–Crippen LogP) is 5.20. The van der Waals surface area contributed by atoms with E-state index in [9.17, 15) is 37.3 Å². The lowest BCUT2D eigenvalue weighted by molar-refractivity contribution is -0.385. The van der Waals surface area contributed by atoms with Crippen LogP contribution in [0.4, 0.5) is 23.2 Å². The summed E-state index contributed by atoms with van der Waals surface area (Å²) in [6.07, 6.45) is -4.38. The van der Waals surface area contributed by atoms with E-state index in [1.807, 2.05) is 0 Å². The minimum atomic E-state index is -4.55. The smallest absolute Gasteiger partial charge is 0.332 e. The van der Waals surface area contributed by atoms with Crippen molar-refractivity contribution in [1.29, 1.82) is 0 Å². The van der Waals surface area contributed by atoms with Crippen molar-refractivity contribution in [2.75, 3.05) is 13.6 Å². The fourth-order valence-electron chi connectivity index (χ4n) is 4.03. The van der Waals surface area contributed by atoms with Gasteiger partial charge in [-0.3, -0.25) is 19.7 Å². The normalized spacial score (nSPS) is 15.2. The van der Waals surface area contributed by atoms with Crippen molar-refractivity contribution in [2.45, 2.75) is 18.6 Å². The Morgan fingerprint density at radius 3 is 2.34 bits per heavy atom. The van der Waals surface area contributed by atoms with Gasteiger partial charge in [-0.25, -0.2) is 9.40 Å². The van der Waals surface area contributed by atoms with E-state index in [-0.39, 0.29) is 17.7 Å². The molecule has 3 aromatic carbocycles. The predicted molar refractivity (Wildman–Crippen MR) is 129 cm³/mol. The molecule has 0 aliphatic carbocycles. The number of carbonyl (C=O) groups excluding carboxylic acids is 2. The second-order valence-electron chi connectivity index (χ2n) is 8.60. The fraction of sp³-hybridized carbons (Fsp3) is 0.192. The summed E-state index contributed by atoms with van der Waals surface area (Å²) < 4.78 is 51.9. The van der Waals surface area contributed by atoms with Crippen molar-refractivity contribution in [3.05, 3.63) is 111 Å². The van der Waals surface area contributed by atoms with Crippen LogP contribution in [0.1, 0.15) is 39.5 Å². The van der Waals surface area contributed by atoms with Crippen LogP contribution in [0.3, 0.4) is 0 Å². The molecule has 1 atom stereocenters. The number of carbonyl (C=O) groups is 2. The largest absolute Gasteiger partial charge is 0.416 e. The maximum atomic E-state index is 13.4. The highest BCUT2D eigenvalue weighted by atomic mass is 19.4. The fourth-order valence-corrected chi connectivity index (χ4v) is 4.03. The molecular weight excluding hydrogens is 508 g/mol. The molecule has 0 saturated heterocycles. The quantitative estimate of drug-likeness (QED) is 0.250. The summed E-state index contributed by atoms with van der Waals surface area (Å²) in [5.74, 6) is -1.76. The molecule has 0 saturated carbocycles. The summed E-state index contributed by atoms with van der Waals surface area (Å²) >= 11 is 0. The summed E-state index contributed by atoms with van der Waals surface area (Å²) in [5.41, 5.74) is 0.288. The topological polar surface area (TPSA) is 96.1 Å². The Balaban J connectivity index is 1.58. The average Bonchev–Trinajstić information content (AvgIpc) is 3.34. The first-order valence-corrected chi connectivity index (χ1v) is 11.3. The minimum absolute atomic E-state index is 0.0412. The molecule has 0 spiro atoms. The van der Waals surface area contributed by atoms with Crippen LogP contribution in [0.2, 0.25) is 0 Å². The van der Waals surface area contributed by atoms with Crippen LogP contribution in [0, 0.1) is 15.9 Å². The van der Waals surface area contributed by atoms with Gasteiger partial charge in [-0.2, -0.15) is 18.3 Å². The SMILES string of the molecule is CN(CC(=O)N1N=C(c2ccc(F)cc2)C[C@H]1c1cccc([N+](=O)[O-])c1)C(=O)c1ccc(C(F)(F)F)cc1. The van der Waals surface area contributed by atoms with E-state index in [4.69, 9.17) is 0 Å². The Kier molecular flexibility index (Phi) is 7.24. The van der Waals surface area contributed by atoms with Gasteiger partial charge < -0.3 is 4.90 Å². The third-order valence-corrected chi connectivity index (χ3v) is 5.99. The molecule has 1 aliphatic rings. The molecular formula is C26H20F4N4O4. The number of halogens is 4. The number of benzene rings is 3. The van der Waals surface area contributed by atoms with Gasteiger partial charge in [-0.05, 0) is 47.5 Å². The Morgan fingerprint density at radius 2 is 1.74 bits per heavy atom. The summed E-state index contributed by atoms with van der Waals surface area (Å²) in [7, 11) is 1.32. The van der Waals surface area contributed by atoms with Crippen molar-refractivity contribution >= 4 is 23.2 Å². The third kappa shape index (κ3) is 5.69. The standard InChI is InChI=1S/C26H20F4N4O4/c1-32(25(36)17-5-9-19(10-6-17)26(28,29)30)15-24(35)33-23(18-3-2-4-21(13-18)34(37)38)14-22(31-33)16-7-11-20(27)12-8-16/h2-13,23H,14-15H2,1H3/t23-/m0/s1. The second-order valence-corrected chi connectivity index (χ2v) is 8.60. The number of hydrogen-bond donors (Lipinski definition) is 0. The van der Waals surface area contributed by atoms with Gasteiger partial charge in [0.2, 0.25) is 0 Å². The van der Waals surface area contributed by atoms with E-state index in [2.05, 4.69) is 5.10 Å². The van der Waals surface area contributed by atoms with Crippen LogP contribution in [-0.2, 0) is 11.0 Å². The molecule has 4 rings (SSSR count). The number of rotatable bonds is 6. The van der Waals surface area contributed by atoms with Crippen LogP contribution in [0.25, 0.3) is 0 Å². The number of nitro groups is 1. The molecule has 2 amide bonds. The monoisotopic (exact) mass is 528 g/mol. The Labute approximate surface area is 213 Å². The lowest BCUT2D eigenvalue weighted by Crippen LogP contribution is -2.39. The second kappa shape index (κ2) is 10.4. The molecule has 12 heteroatoms. The van der Waals surface area contributed by atoms with E-state index < -0.39 is 46.9 Å². The molecule has 8 nitrogen and oxygen atoms in total.